The van der Waals surface area contributed by atoms with Crippen molar-refractivity contribution in [3.8, 4) is 5.75 Å². The lowest BCUT2D eigenvalue weighted by atomic mass is 10.1. The number of benzene rings is 1. The van der Waals surface area contributed by atoms with Crippen LogP contribution in [-0.4, -0.2) is 54.0 Å². The minimum atomic E-state index is 0.0169. The molecule has 0 radical (unpaired) electrons. The van der Waals surface area contributed by atoms with Crippen LogP contribution in [0.4, 0.5) is 0 Å². The summed E-state index contributed by atoms with van der Waals surface area (Å²) in [5.41, 5.74) is 1.83. The van der Waals surface area contributed by atoms with Crippen LogP contribution in [0.3, 0.4) is 0 Å². The Morgan fingerprint density at radius 1 is 1.12 bits per heavy atom. The summed E-state index contributed by atoms with van der Waals surface area (Å²) in [4.78, 5) is 20.7. The first-order valence-electron chi connectivity index (χ1n) is 7.92. The van der Waals surface area contributed by atoms with Crippen molar-refractivity contribution >= 4 is 17.5 Å². The fraction of sp³-hybridized carbons (Fsp3) is 0.333. The first-order chi connectivity index (χ1) is 11.7. The molecule has 1 fully saturated rings. The van der Waals surface area contributed by atoms with Crippen molar-refractivity contribution < 1.29 is 9.53 Å². The number of piperazine rings is 1. The molecule has 6 heteroatoms. The van der Waals surface area contributed by atoms with Gasteiger partial charge >= 0.3 is 0 Å². The van der Waals surface area contributed by atoms with Gasteiger partial charge in [0.2, 0.25) is 0 Å². The molecule has 1 aromatic heterocycles. The number of carbonyl (C=O) groups is 1. The van der Waals surface area contributed by atoms with E-state index in [9.17, 15) is 4.79 Å². The summed E-state index contributed by atoms with van der Waals surface area (Å²) >= 11 is 5.77. The molecule has 0 N–H and O–H groups in total. The van der Waals surface area contributed by atoms with Gasteiger partial charge in [-0.15, -0.1) is 0 Å². The maximum Gasteiger partial charge on any atom is 0.255 e. The Kier molecular flexibility index (Phi) is 5.33. The molecule has 0 spiro atoms. The molecule has 1 amide bonds. The summed E-state index contributed by atoms with van der Waals surface area (Å²) in [6.45, 7) is 4.04. The highest BCUT2D eigenvalue weighted by molar-refractivity contribution is 6.29. The summed E-state index contributed by atoms with van der Waals surface area (Å²) < 4.78 is 5.18. The van der Waals surface area contributed by atoms with E-state index in [4.69, 9.17) is 16.3 Å². The molecule has 0 atom stereocenters. The van der Waals surface area contributed by atoms with Crippen molar-refractivity contribution in [1.29, 1.82) is 0 Å². The van der Waals surface area contributed by atoms with Crippen LogP contribution in [0.5, 0.6) is 5.75 Å². The number of amides is 1. The summed E-state index contributed by atoms with van der Waals surface area (Å²) in [7, 11) is 1.67. The van der Waals surface area contributed by atoms with Crippen LogP contribution in [0.15, 0.2) is 42.6 Å². The zero-order valence-corrected chi connectivity index (χ0v) is 14.4. The zero-order valence-electron chi connectivity index (χ0n) is 13.6. The van der Waals surface area contributed by atoms with Crippen LogP contribution in [0.1, 0.15) is 15.9 Å². The van der Waals surface area contributed by atoms with Gasteiger partial charge in [0, 0.05) is 38.9 Å². The first kappa shape index (κ1) is 16.7. The lowest BCUT2D eigenvalue weighted by molar-refractivity contribution is 0.0628. The predicted molar refractivity (Wildman–Crippen MR) is 93.4 cm³/mol. The molecule has 1 aliphatic heterocycles. The maximum absolute atomic E-state index is 12.5. The average molecular weight is 346 g/mol. The largest absolute Gasteiger partial charge is 0.497 e. The van der Waals surface area contributed by atoms with Gasteiger partial charge in [0.1, 0.15) is 10.9 Å². The molecule has 2 heterocycles. The van der Waals surface area contributed by atoms with E-state index in [1.54, 1.807) is 19.2 Å². The smallest absolute Gasteiger partial charge is 0.255 e. The Hall–Kier alpha value is -2.11. The van der Waals surface area contributed by atoms with Crippen molar-refractivity contribution in [2.75, 3.05) is 33.3 Å². The molecular formula is C18H20ClN3O2. The summed E-state index contributed by atoms with van der Waals surface area (Å²) in [5, 5.41) is 0.399. The number of carbonyl (C=O) groups excluding carboxylic acids is 1. The lowest BCUT2D eigenvalue weighted by Crippen LogP contribution is -2.48. The maximum atomic E-state index is 12.5. The highest BCUT2D eigenvalue weighted by atomic mass is 35.5. The number of halogens is 1. The van der Waals surface area contributed by atoms with E-state index < -0.39 is 0 Å². The topological polar surface area (TPSA) is 45.7 Å². The second-order valence-electron chi connectivity index (χ2n) is 5.79. The fourth-order valence-corrected chi connectivity index (χ4v) is 2.89. The molecule has 3 rings (SSSR count). The highest BCUT2D eigenvalue weighted by Crippen LogP contribution is 2.15. The number of ether oxygens (including phenoxy) is 1. The molecular weight excluding hydrogens is 326 g/mol. The van der Waals surface area contributed by atoms with Crippen molar-refractivity contribution in [2.45, 2.75) is 6.54 Å². The van der Waals surface area contributed by atoms with Crippen molar-refractivity contribution in [3.63, 3.8) is 0 Å². The molecule has 1 aromatic carbocycles. The first-order valence-corrected chi connectivity index (χ1v) is 8.29. The number of nitrogens with zero attached hydrogens (tertiary/aromatic N) is 3. The number of aromatic nitrogens is 1. The van der Waals surface area contributed by atoms with Gasteiger partial charge in [0.05, 0.1) is 12.7 Å². The van der Waals surface area contributed by atoms with Gasteiger partial charge in [-0.25, -0.2) is 4.98 Å². The van der Waals surface area contributed by atoms with E-state index in [1.165, 1.54) is 11.8 Å². The third kappa shape index (κ3) is 4.04. The number of hydrogen-bond donors (Lipinski definition) is 0. The minimum Gasteiger partial charge on any atom is -0.497 e. The summed E-state index contributed by atoms with van der Waals surface area (Å²) in [6, 6.07) is 11.5. The van der Waals surface area contributed by atoms with Gasteiger partial charge in [0.15, 0.2) is 0 Å². The van der Waals surface area contributed by atoms with Gasteiger partial charge in [0.25, 0.3) is 5.91 Å². The number of rotatable bonds is 4. The molecule has 5 nitrogen and oxygen atoms in total. The van der Waals surface area contributed by atoms with Crippen LogP contribution in [-0.2, 0) is 6.54 Å². The molecule has 0 unspecified atom stereocenters. The van der Waals surface area contributed by atoms with E-state index >= 15 is 0 Å². The Morgan fingerprint density at radius 2 is 1.83 bits per heavy atom. The minimum absolute atomic E-state index is 0.0169. The van der Waals surface area contributed by atoms with E-state index in [2.05, 4.69) is 22.0 Å². The summed E-state index contributed by atoms with van der Waals surface area (Å²) in [6.07, 6.45) is 1.54. The molecule has 0 saturated carbocycles. The Labute approximate surface area is 146 Å². The zero-order chi connectivity index (χ0) is 16.9. The fourth-order valence-electron chi connectivity index (χ4n) is 2.78. The van der Waals surface area contributed by atoms with Gasteiger partial charge in [-0.3, -0.25) is 9.69 Å². The SMILES string of the molecule is COc1ccc(CN2CCN(C(=O)c3ccc(Cl)nc3)CC2)cc1. The van der Waals surface area contributed by atoms with Gasteiger partial charge < -0.3 is 9.64 Å². The number of methoxy groups -OCH3 is 1. The lowest BCUT2D eigenvalue weighted by Gasteiger charge is -2.34. The summed E-state index contributed by atoms with van der Waals surface area (Å²) in [5.74, 6) is 0.883. The predicted octanol–water partition coefficient (Wildman–Crippen LogP) is 2.70. The van der Waals surface area contributed by atoms with Crippen LogP contribution >= 0.6 is 11.6 Å². The van der Waals surface area contributed by atoms with Gasteiger partial charge in [-0.1, -0.05) is 23.7 Å². The quantitative estimate of drug-likeness (QED) is 0.799. The number of pyridine rings is 1. The molecule has 2 aromatic rings. The second-order valence-corrected chi connectivity index (χ2v) is 6.17. The molecule has 1 aliphatic rings. The molecule has 24 heavy (non-hydrogen) atoms. The molecule has 0 aliphatic carbocycles. The molecule has 1 saturated heterocycles. The van der Waals surface area contributed by atoms with Gasteiger partial charge in [-0.05, 0) is 29.8 Å². The standard InChI is InChI=1S/C18H20ClN3O2/c1-24-16-5-2-14(3-6-16)13-21-8-10-22(11-9-21)18(23)15-4-7-17(19)20-12-15/h2-7,12H,8-11,13H2,1H3. The van der Waals surface area contributed by atoms with Crippen molar-refractivity contribution in [3.05, 3.63) is 58.9 Å². The Balaban J connectivity index is 1.53. The monoisotopic (exact) mass is 345 g/mol. The van der Waals surface area contributed by atoms with Crippen molar-refractivity contribution in [2.24, 2.45) is 0 Å². The van der Waals surface area contributed by atoms with Crippen LogP contribution in [0.2, 0.25) is 5.15 Å². The van der Waals surface area contributed by atoms with Crippen LogP contribution < -0.4 is 4.74 Å². The van der Waals surface area contributed by atoms with E-state index in [-0.39, 0.29) is 5.91 Å². The van der Waals surface area contributed by atoms with Gasteiger partial charge in [-0.2, -0.15) is 0 Å². The normalized spacial score (nSPS) is 15.3. The molecule has 126 valence electrons. The Morgan fingerprint density at radius 3 is 2.42 bits per heavy atom. The third-order valence-corrected chi connectivity index (χ3v) is 4.42. The van der Waals surface area contributed by atoms with Crippen LogP contribution in [0, 0.1) is 0 Å². The van der Waals surface area contributed by atoms with Crippen LogP contribution in [0.25, 0.3) is 0 Å². The Bertz CT molecular complexity index is 680. The second kappa shape index (κ2) is 7.64. The average Bonchev–Trinajstić information content (AvgIpc) is 2.63. The van der Waals surface area contributed by atoms with E-state index in [0.29, 0.717) is 10.7 Å². The van der Waals surface area contributed by atoms with E-state index in [1.807, 2.05) is 17.0 Å². The number of hydrogen-bond acceptors (Lipinski definition) is 4. The third-order valence-electron chi connectivity index (χ3n) is 4.20. The van der Waals surface area contributed by atoms with E-state index in [0.717, 1.165) is 38.5 Å². The van der Waals surface area contributed by atoms with Crippen molar-refractivity contribution in [1.82, 2.24) is 14.8 Å². The molecule has 0 bridgehead atoms. The highest BCUT2D eigenvalue weighted by Gasteiger charge is 2.22.